The Morgan fingerprint density at radius 2 is 1.94 bits per heavy atom. The average molecular weight is 446 g/mol. The molecule has 33 heavy (non-hydrogen) atoms. The minimum absolute atomic E-state index is 0.227. The van der Waals surface area contributed by atoms with E-state index in [4.69, 9.17) is 24.4 Å². The van der Waals surface area contributed by atoms with Crippen LogP contribution in [0.25, 0.3) is 33.5 Å². The Kier molecular flexibility index (Phi) is 4.35. The molecule has 9 nitrogen and oxygen atoms in total. The van der Waals surface area contributed by atoms with E-state index in [0.717, 1.165) is 72.0 Å². The Bertz CT molecular complexity index is 1320. The topological polar surface area (TPSA) is 95.2 Å². The summed E-state index contributed by atoms with van der Waals surface area (Å²) >= 11 is 0. The van der Waals surface area contributed by atoms with Gasteiger partial charge in [-0.1, -0.05) is 12.1 Å². The van der Waals surface area contributed by atoms with Gasteiger partial charge in [0.25, 0.3) is 0 Å². The van der Waals surface area contributed by atoms with E-state index in [9.17, 15) is 0 Å². The second kappa shape index (κ2) is 7.43. The van der Waals surface area contributed by atoms with Crippen LogP contribution in [0.1, 0.15) is 19.8 Å². The van der Waals surface area contributed by atoms with Crippen LogP contribution >= 0.6 is 0 Å². The van der Waals surface area contributed by atoms with Crippen LogP contribution in [-0.2, 0) is 9.47 Å². The summed E-state index contributed by atoms with van der Waals surface area (Å²) in [6.45, 7) is 6.02. The third-order valence-electron chi connectivity index (χ3n) is 7.14. The summed E-state index contributed by atoms with van der Waals surface area (Å²) in [7, 11) is 0. The first kappa shape index (κ1) is 19.3. The molecule has 2 bridgehead atoms. The fourth-order valence-corrected chi connectivity index (χ4v) is 5.46. The average Bonchev–Trinajstić information content (AvgIpc) is 3.56. The highest BCUT2D eigenvalue weighted by Gasteiger charge is 2.36. The number of benzene rings is 1. The molecule has 170 valence electrons. The van der Waals surface area contributed by atoms with E-state index in [2.05, 4.69) is 44.9 Å². The summed E-state index contributed by atoms with van der Waals surface area (Å²) in [4.78, 5) is 26.5. The number of hydrogen-bond acceptors (Lipinski definition) is 7. The van der Waals surface area contributed by atoms with Gasteiger partial charge in [-0.2, -0.15) is 9.97 Å². The number of fused-ring (bicyclic) bond motifs is 4. The maximum Gasteiger partial charge on any atom is 0.229 e. The van der Waals surface area contributed by atoms with Gasteiger partial charge >= 0.3 is 0 Å². The van der Waals surface area contributed by atoms with Crippen molar-refractivity contribution in [1.29, 1.82) is 0 Å². The van der Waals surface area contributed by atoms with E-state index in [1.807, 2.05) is 12.3 Å². The van der Waals surface area contributed by atoms with E-state index in [-0.39, 0.29) is 18.2 Å². The van der Waals surface area contributed by atoms with Crippen LogP contribution in [0.4, 0.5) is 11.8 Å². The predicted molar refractivity (Wildman–Crippen MR) is 127 cm³/mol. The Labute approximate surface area is 191 Å². The van der Waals surface area contributed by atoms with Crippen molar-refractivity contribution in [3.8, 4) is 11.4 Å². The molecule has 0 radical (unpaired) electrons. The van der Waals surface area contributed by atoms with E-state index in [1.165, 1.54) is 0 Å². The van der Waals surface area contributed by atoms with Crippen LogP contribution in [0.3, 0.4) is 0 Å². The first-order valence-electron chi connectivity index (χ1n) is 11.8. The highest BCUT2D eigenvalue weighted by Crippen LogP contribution is 2.34. The lowest BCUT2D eigenvalue weighted by molar-refractivity contribution is 0.0299. The zero-order valence-corrected chi connectivity index (χ0v) is 18.6. The van der Waals surface area contributed by atoms with Crippen molar-refractivity contribution < 1.29 is 9.47 Å². The Morgan fingerprint density at radius 1 is 1.06 bits per heavy atom. The van der Waals surface area contributed by atoms with Crippen LogP contribution in [-0.4, -0.2) is 76.0 Å². The number of nitrogens with one attached hydrogen (secondary N) is 2. The van der Waals surface area contributed by atoms with Crippen LogP contribution < -0.4 is 9.80 Å². The zero-order valence-electron chi connectivity index (χ0n) is 18.6. The molecular formula is C24H27N7O2. The van der Waals surface area contributed by atoms with Crippen molar-refractivity contribution in [2.75, 3.05) is 42.6 Å². The summed E-state index contributed by atoms with van der Waals surface area (Å²) in [5.41, 5.74) is 3.73. The number of aromatic nitrogens is 5. The molecule has 3 fully saturated rings. The van der Waals surface area contributed by atoms with Crippen molar-refractivity contribution in [1.82, 2.24) is 24.9 Å². The van der Waals surface area contributed by atoms with E-state index in [0.29, 0.717) is 18.9 Å². The summed E-state index contributed by atoms with van der Waals surface area (Å²) < 4.78 is 11.7. The number of rotatable bonds is 3. The molecule has 0 spiro atoms. The minimum Gasteiger partial charge on any atom is -0.377 e. The molecule has 2 N–H and O–H groups in total. The van der Waals surface area contributed by atoms with Gasteiger partial charge in [0.2, 0.25) is 5.95 Å². The van der Waals surface area contributed by atoms with Gasteiger partial charge in [0.15, 0.2) is 11.5 Å². The van der Waals surface area contributed by atoms with Gasteiger partial charge in [-0.3, -0.25) is 0 Å². The maximum absolute atomic E-state index is 6.05. The van der Waals surface area contributed by atoms with Gasteiger partial charge in [-0.25, -0.2) is 4.98 Å². The largest absolute Gasteiger partial charge is 0.377 e. The second-order valence-corrected chi connectivity index (χ2v) is 9.36. The SMILES string of the molecule is CC1COCCN1c1nc(N2CC3CCC(C2)O3)nc2nc(-c3cccc4[nH]ccc34)[nH]c12. The quantitative estimate of drug-likeness (QED) is 0.500. The molecular weight excluding hydrogens is 418 g/mol. The van der Waals surface area contributed by atoms with E-state index < -0.39 is 0 Å². The Hall–Kier alpha value is -3.17. The van der Waals surface area contributed by atoms with Crippen LogP contribution in [0.15, 0.2) is 30.5 Å². The fourth-order valence-electron chi connectivity index (χ4n) is 5.46. The molecule has 9 heteroatoms. The van der Waals surface area contributed by atoms with Gasteiger partial charge in [0, 0.05) is 42.3 Å². The number of nitrogens with zero attached hydrogens (tertiary/aromatic N) is 5. The normalized spacial score (nSPS) is 25.4. The second-order valence-electron chi connectivity index (χ2n) is 9.36. The van der Waals surface area contributed by atoms with Crippen molar-refractivity contribution >= 4 is 33.8 Å². The fraction of sp³-hybridized carbons (Fsp3) is 0.458. The van der Waals surface area contributed by atoms with Crippen molar-refractivity contribution in [3.05, 3.63) is 30.5 Å². The molecule has 6 heterocycles. The first-order chi connectivity index (χ1) is 16.2. The van der Waals surface area contributed by atoms with Crippen LogP contribution in [0.5, 0.6) is 0 Å². The molecule has 1 aromatic carbocycles. The molecule has 7 rings (SSSR count). The number of ether oxygens (including phenoxy) is 2. The molecule has 3 atom stereocenters. The lowest BCUT2D eigenvalue weighted by Gasteiger charge is -2.36. The highest BCUT2D eigenvalue weighted by atomic mass is 16.5. The molecule has 0 aliphatic carbocycles. The lowest BCUT2D eigenvalue weighted by Crippen LogP contribution is -2.45. The summed E-state index contributed by atoms with van der Waals surface area (Å²) in [6, 6.07) is 8.54. The van der Waals surface area contributed by atoms with Gasteiger partial charge in [0.05, 0.1) is 31.5 Å². The van der Waals surface area contributed by atoms with Gasteiger partial charge in [-0.15, -0.1) is 0 Å². The molecule has 3 aromatic heterocycles. The summed E-state index contributed by atoms with van der Waals surface area (Å²) in [5.74, 6) is 2.46. The number of aromatic amines is 2. The first-order valence-corrected chi connectivity index (χ1v) is 11.8. The standard InChI is InChI=1S/C24H27N7O2/c1-14-13-32-10-9-31(14)23-20-22(28-24(29-23)30-11-15-5-6-16(12-30)33-15)27-21(26-20)18-3-2-4-19-17(18)7-8-25-19/h2-4,7-8,14-16,25H,5-6,9-13H2,1H3,(H,26,27,28,29). The molecule has 3 aliphatic rings. The number of H-pyrrole nitrogens is 2. The van der Waals surface area contributed by atoms with Crippen LogP contribution in [0.2, 0.25) is 0 Å². The molecule has 4 aromatic rings. The molecule has 0 saturated carbocycles. The highest BCUT2D eigenvalue weighted by molar-refractivity contribution is 5.96. The third-order valence-corrected chi connectivity index (χ3v) is 7.14. The number of hydrogen-bond donors (Lipinski definition) is 2. The molecule has 3 aliphatic heterocycles. The maximum atomic E-state index is 6.05. The Morgan fingerprint density at radius 3 is 2.79 bits per heavy atom. The minimum atomic E-state index is 0.227. The van der Waals surface area contributed by atoms with Gasteiger partial charge in [-0.05, 0) is 31.9 Å². The van der Waals surface area contributed by atoms with Crippen molar-refractivity contribution in [2.24, 2.45) is 0 Å². The molecule has 0 amide bonds. The zero-order chi connectivity index (χ0) is 21.9. The van der Waals surface area contributed by atoms with E-state index in [1.54, 1.807) is 0 Å². The monoisotopic (exact) mass is 445 g/mol. The number of imidazole rings is 1. The van der Waals surface area contributed by atoms with Crippen molar-refractivity contribution in [3.63, 3.8) is 0 Å². The summed E-state index contributed by atoms with van der Waals surface area (Å²) in [5, 5.41) is 1.13. The smallest absolute Gasteiger partial charge is 0.229 e. The number of morpholine rings is 2. The van der Waals surface area contributed by atoms with Gasteiger partial charge in [0.1, 0.15) is 11.3 Å². The summed E-state index contributed by atoms with van der Waals surface area (Å²) in [6.07, 6.45) is 4.74. The number of anilines is 2. The lowest BCUT2D eigenvalue weighted by atomic mass is 10.1. The molecule has 3 saturated heterocycles. The van der Waals surface area contributed by atoms with E-state index >= 15 is 0 Å². The third kappa shape index (κ3) is 3.18. The van der Waals surface area contributed by atoms with Crippen molar-refractivity contribution in [2.45, 2.75) is 38.0 Å². The van der Waals surface area contributed by atoms with Crippen LogP contribution in [0, 0.1) is 0 Å². The van der Waals surface area contributed by atoms with Gasteiger partial charge < -0.3 is 29.2 Å². The Balaban J connectivity index is 1.38. The molecule has 3 unspecified atom stereocenters. The predicted octanol–water partition coefficient (Wildman–Crippen LogP) is 3.09.